The molecular weight excluding hydrogens is 292 g/mol. The molecule has 0 saturated carbocycles. The van der Waals surface area contributed by atoms with Crippen molar-refractivity contribution in [3.63, 3.8) is 0 Å². The molecule has 3 aromatic rings. The van der Waals surface area contributed by atoms with Crippen molar-refractivity contribution < 1.29 is 9.90 Å². The minimum Gasteiger partial charge on any atom is -0.478 e. The lowest BCUT2D eigenvalue weighted by Gasteiger charge is -2.06. The van der Waals surface area contributed by atoms with E-state index in [4.69, 9.17) is 5.11 Å². The van der Waals surface area contributed by atoms with Gasteiger partial charge in [0.2, 0.25) is 0 Å². The molecule has 3 aromatic carbocycles. The Morgan fingerprint density at radius 2 is 1.61 bits per heavy atom. The largest absolute Gasteiger partial charge is 0.478 e. The Bertz CT molecular complexity index is 778. The van der Waals surface area contributed by atoms with Crippen LogP contribution in [0.4, 0.5) is 0 Å². The Morgan fingerprint density at radius 3 is 2.28 bits per heavy atom. The Balaban J connectivity index is 2.44. The fourth-order valence-corrected chi connectivity index (χ4v) is 2.79. The molecule has 2 nitrogen and oxygen atoms in total. The molecule has 0 aromatic heterocycles. The number of hydrogen-bond acceptors (Lipinski definition) is 1. The van der Waals surface area contributed by atoms with Crippen LogP contribution >= 0.6 is 15.9 Å². The molecule has 1 N–H and O–H groups in total. The van der Waals surface area contributed by atoms with Crippen LogP contribution in [0.1, 0.15) is 10.4 Å². The highest BCUT2D eigenvalue weighted by molar-refractivity contribution is 9.10. The van der Waals surface area contributed by atoms with Gasteiger partial charge in [-0.05, 0) is 55.7 Å². The number of fused-ring (bicyclic) bond motifs is 2. The van der Waals surface area contributed by atoms with E-state index in [2.05, 4.69) is 22.0 Å². The molecule has 0 aliphatic rings. The molecule has 0 aliphatic carbocycles. The third-order valence-electron chi connectivity index (χ3n) is 3.05. The second-order valence-electron chi connectivity index (χ2n) is 4.15. The first-order chi connectivity index (χ1) is 8.66. The molecular formula is C15H9BrO2. The number of rotatable bonds is 1. The normalized spacial score (nSPS) is 10.9. The Kier molecular flexibility index (Phi) is 2.56. The minimum absolute atomic E-state index is 0.290. The van der Waals surface area contributed by atoms with Crippen molar-refractivity contribution in [2.45, 2.75) is 0 Å². The third kappa shape index (κ3) is 1.68. The zero-order chi connectivity index (χ0) is 12.7. The van der Waals surface area contributed by atoms with Gasteiger partial charge in [-0.15, -0.1) is 0 Å². The van der Waals surface area contributed by atoms with Gasteiger partial charge >= 0.3 is 5.97 Å². The zero-order valence-corrected chi connectivity index (χ0v) is 10.9. The maximum atomic E-state index is 11.1. The highest BCUT2D eigenvalue weighted by Crippen LogP contribution is 2.31. The van der Waals surface area contributed by atoms with Gasteiger partial charge in [-0.3, -0.25) is 0 Å². The summed E-state index contributed by atoms with van der Waals surface area (Å²) in [4.78, 5) is 11.1. The van der Waals surface area contributed by atoms with Crippen LogP contribution in [-0.4, -0.2) is 11.1 Å². The van der Waals surface area contributed by atoms with Gasteiger partial charge in [-0.25, -0.2) is 4.79 Å². The van der Waals surface area contributed by atoms with Gasteiger partial charge < -0.3 is 5.11 Å². The summed E-state index contributed by atoms with van der Waals surface area (Å²) in [5.41, 5.74) is 0.290. The second-order valence-corrected chi connectivity index (χ2v) is 4.95. The van der Waals surface area contributed by atoms with Gasteiger partial charge in [0.15, 0.2) is 0 Å². The zero-order valence-electron chi connectivity index (χ0n) is 9.35. The third-order valence-corrected chi connectivity index (χ3v) is 3.91. The summed E-state index contributed by atoms with van der Waals surface area (Å²) in [5, 5.41) is 13.3. The van der Waals surface area contributed by atoms with E-state index in [1.165, 1.54) is 0 Å². The summed E-state index contributed by atoms with van der Waals surface area (Å²) in [6.45, 7) is 0. The number of benzene rings is 3. The maximum Gasteiger partial charge on any atom is 0.336 e. The average Bonchev–Trinajstić information content (AvgIpc) is 2.37. The molecule has 0 saturated heterocycles. The fourth-order valence-electron chi connectivity index (χ4n) is 2.14. The Hall–Kier alpha value is -1.87. The number of halogens is 1. The number of hydrogen-bond donors (Lipinski definition) is 1. The van der Waals surface area contributed by atoms with Crippen molar-refractivity contribution in [3.05, 3.63) is 58.6 Å². The van der Waals surface area contributed by atoms with Crippen LogP contribution < -0.4 is 0 Å². The van der Waals surface area contributed by atoms with E-state index in [-0.39, 0.29) is 5.56 Å². The van der Waals surface area contributed by atoms with E-state index in [1.54, 1.807) is 6.07 Å². The number of aromatic carboxylic acids is 1. The first-order valence-corrected chi connectivity index (χ1v) is 6.30. The predicted molar refractivity (Wildman–Crippen MR) is 76.1 cm³/mol. The highest BCUT2D eigenvalue weighted by atomic mass is 79.9. The summed E-state index contributed by atoms with van der Waals surface area (Å²) in [6.07, 6.45) is 0. The predicted octanol–water partition coefficient (Wildman–Crippen LogP) is 4.45. The first kappa shape index (κ1) is 11.2. The Morgan fingerprint density at radius 1 is 0.944 bits per heavy atom. The second kappa shape index (κ2) is 4.10. The monoisotopic (exact) mass is 300 g/mol. The maximum absolute atomic E-state index is 11.1. The van der Waals surface area contributed by atoms with Crippen LogP contribution in [0.2, 0.25) is 0 Å². The van der Waals surface area contributed by atoms with Gasteiger partial charge in [0, 0.05) is 4.47 Å². The highest BCUT2D eigenvalue weighted by Gasteiger charge is 2.11. The van der Waals surface area contributed by atoms with Crippen molar-refractivity contribution >= 4 is 43.4 Å². The summed E-state index contributed by atoms with van der Waals surface area (Å²) in [7, 11) is 0. The quantitative estimate of drug-likeness (QED) is 0.674. The van der Waals surface area contributed by atoms with Crippen LogP contribution in [0.15, 0.2) is 53.0 Å². The molecule has 0 unspecified atom stereocenters. The van der Waals surface area contributed by atoms with Crippen molar-refractivity contribution in [2.24, 2.45) is 0 Å². The van der Waals surface area contributed by atoms with Crippen molar-refractivity contribution in [1.29, 1.82) is 0 Å². The number of carbonyl (C=O) groups is 1. The summed E-state index contributed by atoms with van der Waals surface area (Å²) >= 11 is 3.39. The molecule has 0 amide bonds. The molecule has 88 valence electrons. The van der Waals surface area contributed by atoms with Crippen molar-refractivity contribution in [1.82, 2.24) is 0 Å². The topological polar surface area (TPSA) is 37.3 Å². The van der Waals surface area contributed by atoms with Crippen LogP contribution in [0.5, 0.6) is 0 Å². The lowest BCUT2D eigenvalue weighted by molar-refractivity contribution is 0.0696. The standard InChI is InChI=1S/C15H9BrO2/c16-14-12(15(17)18)6-5-11-7-9-3-1-2-4-10(9)8-13(11)14/h1-8H,(H,17,18). The first-order valence-electron chi connectivity index (χ1n) is 5.51. The minimum atomic E-state index is -0.920. The molecule has 0 bridgehead atoms. The summed E-state index contributed by atoms with van der Waals surface area (Å²) < 4.78 is 0.637. The molecule has 0 heterocycles. The molecule has 0 aliphatic heterocycles. The van der Waals surface area contributed by atoms with E-state index in [0.717, 1.165) is 21.5 Å². The van der Waals surface area contributed by atoms with Crippen molar-refractivity contribution in [3.8, 4) is 0 Å². The van der Waals surface area contributed by atoms with E-state index < -0.39 is 5.97 Å². The van der Waals surface area contributed by atoms with Gasteiger partial charge in [0.1, 0.15) is 0 Å². The molecule has 3 rings (SSSR count). The van der Waals surface area contributed by atoms with E-state index in [0.29, 0.717) is 4.47 Å². The molecule has 3 heteroatoms. The smallest absolute Gasteiger partial charge is 0.336 e. The van der Waals surface area contributed by atoms with Crippen LogP contribution in [0.3, 0.4) is 0 Å². The lowest BCUT2D eigenvalue weighted by Crippen LogP contribution is -1.97. The van der Waals surface area contributed by atoms with E-state index in [1.807, 2.05) is 36.4 Å². The summed E-state index contributed by atoms with van der Waals surface area (Å²) in [5.74, 6) is -0.920. The lowest BCUT2D eigenvalue weighted by atomic mass is 10.0. The van der Waals surface area contributed by atoms with Gasteiger partial charge in [0.05, 0.1) is 5.56 Å². The number of carboxylic acids is 1. The average molecular weight is 301 g/mol. The summed E-state index contributed by atoms with van der Waals surface area (Å²) in [6, 6.07) is 15.6. The molecule has 0 fully saturated rings. The van der Waals surface area contributed by atoms with Crippen LogP contribution in [-0.2, 0) is 0 Å². The van der Waals surface area contributed by atoms with Gasteiger partial charge in [-0.2, -0.15) is 0 Å². The van der Waals surface area contributed by atoms with E-state index in [9.17, 15) is 4.79 Å². The van der Waals surface area contributed by atoms with E-state index >= 15 is 0 Å². The Labute approximate surface area is 112 Å². The SMILES string of the molecule is O=C(O)c1ccc2cc3ccccc3cc2c1Br. The van der Waals surface area contributed by atoms with Crippen LogP contribution in [0.25, 0.3) is 21.5 Å². The molecule has 18 heavy (non-hydrogen) atoms. The number of carboxylic acid groups (broad SMARTS) is 1. The molecule has 0 atom stereocenters. The molecule has 0 spiro atoms. The van der Waals surface area contributed by atoms with Gasteiger partial charge in [0.25, 0.3) is 0 Å². The fraction of sp³-hybridized carbons (Fsp3) is 0. The van der Waals surface area contributed by atoms with Crippen LogP contribution in [0, 0.1) is 0 Å². The van der Waals surface area contributed by atoms with Crippen molar-refractivity contribution in [2.75, 3.05) is 0 Å². The molecule has 0 radical (unpaired) electrons. The van der Waals surface area contributed by atoms with Gasteiger partial charge in [-0.1, -0.05) is 30.3 Å².